The van der Waals surface area contributed by atoms with Crippen LogP contribution in [0.15, 0.2) is 60.7 Å². The van der Waals surface area contributed by atoms with Crippen molar-refractivity contribution >= 4 is 29.2 Å². The van der Waals surface area contributed by atoms with Gasteiger partial charge in [-0.3, -0.25) is 9.59 Å². The summed E-state index contributed by atoms with van der Waals surface area (Å²) in [5, 5.41) is 9.20. The highest BCUT2D eigenvalue weighted by molar-refractivity contribution is 6.33. The Balaban J connectivity index is 1.20. The fraction of sp³-hybridized carbons (Fsp3) is 0.379. The lowest BCUT2D eigenvalue weighted by molar-refractivity contribution is -0.132. The van der Waals surface area contributed by atoms with Crippen molar-refractivity contribution in [2.75, 3.05) is 57.9 Å². The number of rotatable bonds is 8. The predicted octanol–water partition coefficient (Wildman–Crippen LogP) is 3.78. The average molecular weight is 550 g/mol. The third kappa shape index (κ3) is 6.49. The Labute approximate surface area is 233 Å². The molecule has 2 amide bonds. The molecule has 1 aromatic heterocycles. The van der Waals surface area contributed by atoms with E-state index in [-0.39, 0.29) is 24.5 Å². The molecule has 3 heterocycles. The van der Waals surface area contributed by atoms with E-state index in [9.17, 15) is 9.59 Å². The number of hydrogen-bond acceptors (Lipinski definition) is 7. The minimum absolute atomic E-state index is 0.0149. The van der Waals surface area contributed by atoms with Gasteiger partial charge in [0.05, 0.1) is 29.5 Å². The van der Waals surface area contributed by atoms with Crippen LogP contribution in [0.5, 0.6) is 5.75 Å². The highest BCUT2D eigenvalue weighted by Crippen LogP contribution is 2.24. The van der Waals surface area contributed by atoms with Gasteiger partial charge >= 0.3 is 0 Å². The molecule has 9 nitrogen and oxygen atoms in total. The van der Waals surface area contributed by atoms with Gasteiger partial charge in [0.15, 0.2) is 5.82 Å². The standard InChI is InChI=1S/C29H32ClN5O4/c1-38-22-7-4-6-21(18-22)26-11-12-27(32-31-26)33-13-15-34(16-14-33)28(36)20-35(19-23-8-5-17-39-23)29(37)24-9-2-3-10-25(24)30/h2-4,6-7,9-12,18,23H,5,8,13-17,19-20H2,1H3/t23-/m0/s1. The van der Waals surface area contributed by atoms with Crippen LogP contribution in [0.25, 0.3) is 11.3 Å². The first-order valence-electron chi connectivity index (χ1n) is 13.2. The van der Waals surface area contributed by atoms with Crippen LogP contribution >= 0.6 is 11.6 Å². The average Bonchev–Trinajstić information content (AvgIpc) is 3.50. The zero-order chi connectivity index (χ0) is 27.2. The van der Waals surface area contributed by atoms with E-state index in [0.29, 0.717) is 49.9 Å². The summed E-state index contributed by atoms with van der Waals surface area (Å²) in [4.78, 5) is 32.2. The van der Waals surface area contributed by atoms with E-state index >= 15 is 0 Å². The summed E-state index contributed by atoms with van der Waals surface area (Å²) in [6, 6.07) is 18.5. The van der Waals surface area contributed by atoms with E-state index in [0.717, 1.165) is 35.7 Å². The van der Waals surface area contributed by atoms with Crippen LogP contribution in [0.1, 0.15) is 23.2 Å². The lowest BCUT2D eigenvalue weighted by Crippen LogP contribution is -2.52. The maximum absolute atomic E-state index is 13.4. The molecule has 0 unspecified atom stereocenters. The van der Waals surface area contributed by atoms with Crippen LogP contribution in [-0.2, 0) is 9.53 Å². The normalized spacial score (nSPS) is 17.2. The lowest BCUT2D eigenvalue weighted by atomic mass is 10.1. The number of piperazine rings is 1. The second-order valence-corrected chi connectivity index (χ2v) is 10.1. The number of hydrogen-bond donors (Lipinski definition) is 0. The van der Waals surface area contributed by atoms with Gasteiger partial charge in [0, 0.05) is 44.9 Å². The van der Waals surface area contributed by atoms with Gasteiger partial charge in [-0.15, -0.1) is 10.2 Å². The molecule has 0 saturated carbocycles. The van der Waals surface area contributed by atoms with Gasteiger partial charge in [0.25, 0.3) is 5.91 Å². The Bertz CT molecular complexity index is 1290. The molecule has 2 aliphatic rings. The van der Waals surface area contributed by atoms with Gasteiger partial charge in [-0.05, 0) is 49.2 Å². The highest BCUT2D eigenvalue weighted by atomic mass is 35.5. The molecule has 2 aliphatic heterocycles. The minimum Gasteiger partial charge on any atom is -0.497 e. The number of halogens is 1. The van der Waals surface area contributed by atoms with Gasteiger partial charge < -0.3 is 24.2 Å². The van der Waals surface area contributed by atoms with Crippen molar-refractivity contribution in [2.45, 2.75) is 18.9 Å². The van der Waals surface area contributed by atoms with Gasteiger partial charge in [-0.2, -0.15) is 0 Å². The Kier molecular flexibility index (Phi) is 8.58. The lowest BCUT2D eigenvalue weighted by Gasteiger charge is -2.36. The summed E-state index contributed by atoms with van der Waals surface area (Å²) < 4.78 is 11.1. The minimum atomic E-state index is -0.255. The number of nitrogens with zero attached hydrogens (tertiary/aromatic N) is 5. The van der Waals surface area contributed by atoms with Crippen molar-refractivity contribution in [1.82, 2.24) is 20.0 Å². The van der Waals surface area contributed by atoms with Crippen LogP contribution in [0.4, 0.5) is 5.82 Å². The Morgan fingerprint density at radius 2 is 1.87 bits per heavy atom. The summed E-state index contributed by atoms with van der Waals surface area (Å²) in [7, 11) is 1.64. The number of methoxy groups -OCH3 is 1. The number of amides is 2. The first-order valence-corrected chi connectivity index (χ1v) is 13.6. The molecule has 0 spiro atoms. The predicted molar refractivity (Wildman–Crippen MR) is 149 cm³/mol. The molecule has 3 aromatic rings. The Morgan fingerprint density at radius 1 is 1.05 bits per heavy atom. The first-order chi connectivity index (χ1) is 19.0. The van der Waals surface area contributed by atoms with Crippen molar-refractivity contribution in [3.05, 3.63) is 71.2 Å². The molecule has 0 N–H and O–H groups in total. The third-order valence-corrected chi connectivity index (χ3v) is 7.47. The van der Waals surface area contributed by atoms with Crippen LogP contribution in [-0.4, -0.2) is 90.9 Å². The summed E-state index contributed by atoms with van der Waals surface area (Å²) in [6.45, 7) is 3.35. The fourth-order valence-electron chi connectivity index (χ4n) is 4.94. The Morgan fingerprint density at radius 3 is 2.56 bits per heavy atom. The summed E-state index contributed by atoms with van der Waals surface area (Å²) >= 11 is 6.30. The second-order valence-electron chi connectivity index (χ2n) is 9.68. The van der Waals surface area contributed by atoms with Crippen molar-refractivity contribution < 1.29 is 19.1 Å². The molecule has 0 aliphatic carbocycles. The zero-order valence-corrected chi connectivity index (χ0v) is 22.7. The quantitative estimate of drug-likeness (QED) is 0.422. The molecule has 2 saturated heterocycles. The van der Waals surface area contributed by atoms with E-state index in [1.54, 1.807) is 41.2 Å². The molecule has 1 atom stereocenters. The summed E-state index contributed by atoms with van der Waals surface area (Å²) in [5.74, 6) is 1.19. The van der Waals surface area contributed by atoms with E-state index in [4.69, 9.17) is 21.1 Å². The third-order valence-electron chi connectivity index (χ3n) is 7.14. The van der Waals surface area contributed by atoms with Gasteiger partial charge in [-0.1, -0.05) is 35.9 Å². The van der Waals surface area contributed by atoms with Crippen LogP contribution in [0, 0.1) is 0 Å². The topological polar surface area (TPSA) is 88.1 Å². The van der Waals surface area contributed by atoms with E-state index in [1.165, 1.54) is 0 Å². The number of anilines is 1. The second kappa shape index (κ2) is 12.4. The van der Waals surface area contributed by atoms with Gasteiger partial charge in [0.2, 0.25) is 5.91 Å². The summed E-state index contributed by atoms with van der Waals surface area (Å²) in [6.07, 6.45) is 1.76. The van der Waals surface area contributed by atoms with E-state index < -0.39 is 0 Å². The van der Waals surface area contributed by atoms with Crippen LogP contribution < -0.4 is 9.64 Å². The number of benzene rings is 2. The maximum atomic E-state index is 13.4. The van der Waals surface area contributed by atoms with E-state index in [1.807, 2.05) is 36.4 Å². The van der Waals surface area contributed by atoms with Crippen molar-refractivity contribution in [2.24, 2.45) is 0 Å². The molecule has 39 heavy (non-hydrogen) atoms. The molecule has 2 fully saturated rings. The molecule has 0 radical (unpaired) electrons. The molecule has 10 heteroatoms. The van der Waals surface area contributed by atoms with Crippen molar-refractivity contribution in [3.63, 3.8) is 0 Å². The number of ether oxygens (including phenoxy) is 2. The maximum Gasteiger partial charge on any atom is 0.255 e. The van der Waals surface area contributed by atoms with Crippen molar-refractivity contribution in [3.8, 4) is 17.0 Å². The fourth-order valence-corrected chi connectivity index (χ4v) is 5.15. The smallest absolute Gasteiger partial charge is 0.255 e. The largest absolute Gasteiger partial charge is 0.497 e. The first kappa shape index (κ1) is 26.9. The molecular formula is C29H32ClN5O4. The zero-order valence-electron chi connectivity index (χ0n) is 22.0. The Hall–Kier alpha value is -3.69. The molecule has 5 rings (SSSR count). The SMILES string of the molecule is COc1cccc(-c2ccc(N3CCN(C(=O)CN(C[C@@H]4CCCO4)C(=O)c4ccccc4Cl)CC3)nn2)c1. The molecule has 204 valence electrons. The summed E-state index contributed by atoms with van der Waals surface area (Å²) in [5.41, 5.74) is 2.09. The van der Waals surface area contributed by atoms with Gasteiger partial charge in [0.1, 0.15) is 12.3 Å². The molecule has 2 aromatic carbocycles. The van der Waals surface area contributed by atoms with Crippen molar-refractivity contribution in [1.29, 1.82) is 0 Å². The number of aromatic nitrogens is 2. The number of carbonyl (C=O) groups excluding carboxylic acids is 2. The van der Waals surface area contributed by atoms with E-state index in [2.05, 4.69) is 15.1 Å². The molecule has 0 bridgehead atoms. The van der Waals surface area contributed by atoms with Crippen LogP contribution in [0.3, 0.4) is 0 Å². The van der Waals surface area contributed by atoms with Crippen LogP contribution in [0.2, 0.25) is 5.02 Å². The number of carbonyl (C=O) groups is 2. The monoisotopic (exact) mass is 549 g/mol. The highest BCUT2D eigenvalue weighted by Gasteiger charge is 2.29. The molecular weight excluding hydrogens is 518 g/mol. The van der Waals surface area contributed by atoms with Gasteiger partial charge in [-0.25, -0.2) is 0 Å².